The first-order valence-corrected chi connectivity index (χ1v) is 7.59. The fraction of sp³-hybridized carbons (Fsp3) is 0.625. The predicted octanol–water partition coefficient (Wildman–Crippen LogP) is 3.27. The lowest BCUT2D eigenvalue weighted by atomic mass is 10.2. The molecule has 0 spiro atoms. The van der Waals surface area contributed by atoms with E-state index in [4.69, 9.17) is 9.47 Å². The lowest BCUT2D eigenvalue weighted by molar-refractivity contribution is 0.0635. The molecular formula is C16H25N3O3. The molecule has 1 saturated carbocycles. The van der Waals surface area contributed by atoms with Crippen molar-refractivity contribution in [3.8, 4) is 0 Å². The monoisotopic (exact) mass is 307 g/mol. The Morgan fingerprint density at radius 3 is 2.64 bits per heavy atom. The molecule has 6 heteroatoms. The first-order chi connectivity index (χ1) is 10.4. The average Bonchev–Trinajstić information content (AvgIpc) is 3.22. The number of nitrogens with one attached hydrogen (secondary N) is 2. The highest BCUT2D eigenvalue weighted by atomic mass is 16.6. The number of carbonyl (C=O) groups excluding carboxylic acids is 1. The molecule has 0 aromatic carbocycles. The summed E-state index contributed by atoms with van der Waals surface area (Å²) in [6.07, 6.45) is 3.69. The van der Waals surface area contributed by atoms with E-state index in [0.29, 0.717) is 24.4 Å². The molecule has 1 amide bonds. The van der Waals surface area contributed by atoms with Gasteiger partial charge in [0.1, 0.15) is 11.4 Å². The zero-order valence-corrected chi connectivity index (χ0v) is 13.7. The molecule has 1 heterocycles. The molecule has 0 bridgehead atoms. The fourth-order valence-corrected chi connectivity index (χ4v) is 2.15. The molecule has 1 aliphatic carbocycles. The summed E-state index contributed by atoms with van der Waals surface area (Å²) in [5.74, 6) is 1.15. The number of anilines is 2. The van der Waals surface area contributed by atoms with Crippen LogP contribution >= 0.6 is 0 Å². The molecule has 122 valence electrons. The van der Waals surface area contributed by atoms with Crippen molar-refractivity contribution in [2.75, 3.05) is 24.4 Å². The van der Waals surface area contributed by atoms with E-state index in [1.54, 1.807) is 19.4 Å². The number of pyridine rings is 1. The zero-order valence-electron chi connectivity index (χ0n) is 13.7. The second kappa shape index (κ2) is 6.96. The third-order valence-electron chi connectivity index (χ3n) is 3.28. The number of amides is 1. The van der Waals surface area contributed by atoms with Crippen molar-refractivity contribution >= 4 is 17.6 Å². The fourth-order valence-electron chi connectivity index (χ4n) is 2.15. The first-order valence-electron chi connectivity index (χ1n) is 7.59. The molecule has 1 aliphatic rings. The molecule has 22 heavy (non-hydrogen) atoms. The van der Waals surface area contributed by atoms with Gasteiger partial charge in [-0.2, -0.15) is 0 Å². The van der Waals surface area contributed by atoms with Gasteiger partial charge in [0, 0.05) is 7.11 Å². The van der Waals surface area contributed by atoms with Gasteiger partial charge in [0.05, 0.1) is 24.5 Å². The minimum absolute atomic E-state index is 0.316. The minimum Gasteiger partial charge on any atom is -0.444 e. The molecule has 6 nitrogen and oxygen atoms in total. The summed E-state index contributed by atoms with van der Waals surface area (Å²) in [7, 11) is 1.71. The summed E-state index contributed by atoms with van der Waals surface area (Å²) >= 11 is 0. The molecule has 0 aliphatic heterocycles. The number of methoxy groups -OCH3 is 1. The van der Waals surface area contributed by atoms with Crippen molar-refractivity contribution < 1.29 is 14.3 Å². The van der Waals surface area contributed by atoms with Crippen molar-refractivity contribution in [1.82, 2.24) is 4.98 Å². The largest absolute Gasteiger partial charge is 0.444 e. The maximum absolute atomic E-state index is 11.7. The molecule has 0 radical (unpaired) electrons. The van der Waals surface area contributed by atoms with E-state index in [9.17, 15) is 4.79 Å². The van der Waals surface area contributed by atoms with Crippen LogP contribution in [0.25, 0.3) is 0 Å². The third-order valence-corrected chi connectivity index (χ3v) is 3.28. The molecule has 1 aromatic rings. The Morgan fingerprint density at radius 1 is 1.41 bits per heavy atom. The van der Waals surface area contributed by atoms with Crippen molar-refractivity contribution in [3.63, 3.8) is 0 Å². The molecule has 1 aromatic heterocycles. The standard InChI is InChI=1S/C16H25N3O3/c1-16(2,3)22-15(20)19-14-8-7-12(9-17-14)18-13(10-21-4)11-5-6-11/h7-9,11,13,18H,5-6,10H2,1-4H3,(H,17,19,20). The Morgan fingerprint density at radius 2 is 2.14 bits per heavy atom. The highest BCUT2D eigenvalue weighted by Crippen LogP contribution is 2.34. The summed E-state index contributed by atoms with van der Waals surface area (Å²) < 4.78 is 10.4. The van der Waals surface area contributed by atoms with Gasteiger partial charge in [-0.3, -0.25) is 5.32 Å². The van der Waals surface area contributed by atoms with E-state index in [2.05, 4.69) is 15.6 Å². The number of rotatable bonds is 6. The second-order valence-corrected chi connectivity index (χ2v) is 6.60. The normalized spacial score (nSPS) is 16.0. The van der Waals surface area contributed by atoms with Gasteiger partial charge in [-0.1, -0.05) is 0 Å². The molecule has 2 rings (SSSR count). The van der Waals surface area contributed by atoms with Crippen LogP contribution in [0.1, 0.15) is 33.6 Å². The van der Waals surface area contributed by atoms with Crippen LogP contribution in [0.4, 0.5) is 16.3 Å². The van der Waals surface area contributed by atoms with E-state index < -0.39 is 11.7 Å². The molecule has 1 atom stereocenters. The lowest BCUT2D eigenvalue weighted by Gasteiger charge is -2.20. The molecule has 0 saturated heterocycles. The van der Waals surface area contributed by atoms with Crippen LogP contribution in [0.15, 0.2) is 18.3 Å². The van der Waals surface area contributed by atoms with Crippen molar-refractivity contribution in [2.24, 2.45) is 5.92 Å². The average molecular weight is 307 g/mol. The van der Waals surface area contributed by atoms with Gasteiger partial charge in [-0.25, -0.2) is 9.78 Å². The highest BCUT2D eigenvalue weighted by molar-refractivity contribution is 5.83. The van der Waals surface area contributed by atoms with E-state index in [0.717, 1.165) is 5.69 Å². The van der Waals surface area contributed by atoms with Crippen molar-refractivity contribution in [2.45, 2.75) is 45.3 Å². The Labute approximate surface area is 131 Å². The van der Waals surface area contributed by atoms with Crippen molar-refractivity contribution in [1.29, 1.82) is 0 Å². The van der Waals surface area contributed by atoms with E-state index in [1.165, 1.54) is 12.8 Å². The maximum Gasteiger partial charge on any atom is 0.413 e. The summed E-state index contributed by atoms with van der Waals surface area (Å²) in [5.41, 5.74) is 0.395. The van der Waals surface area contributed by atoms with Gasteiger partial charge in [-0.15, -0.1) is 0 Å². The van der Waals surface area contributed by atoms with Crippen LogP contribution in [0.3, 0.4) is 0 Å². The number of ether oxygens (including phenoxy) is 2. The van der Waals surface area contributed by atoms with Gasteiger partial charge in [0.2, 0.25) is 0 Å². The number of nitrogens with zero attached hydrogens (tertiary/aromatic N) is 1. The van der Waals surface area contributed by atoms with Gasteiger partial charge in [0.15, 0.2) is 0 Å². The van der Waals surface area contributed by atoms with Gasteiger partial charge in [0.25, 0.3) is 0 Å². The second-order valence-electron chi connectivity index (χ2n) is 6.60. The first kappa shape index (κ1) is 16.5. The summed E-state index contributed by atoms with van der Waals surface area (Å²) in [6, 6.07) is 3.96. The van der Waals surface area contributed by atoms with Gasteiger partial charge >= 0.3 is 6.09 Å². The molecule has 2 N–H and O–H groups in total. The molecular weight excluding hydrogens is 282 g/mol. The Balaban J connectivity index is 1.88. The Bertz CT molecular complexity index is 492. The van der Waals surface area contributed by atoms with Crippen LogP contribution in [0.5, 0.6) is 0 Å². The predicted molar refractivity (Wildman–Crippen MR) is 86.1 cm³/mol. The number of aromatic nitrogens is 1. The molecule has 1 fully saturated rings. The maximum atomic E-state index is 11.7. The highest BCUT2D eigenvalue weighted by Gasteiger charge is 2.31. The number of carbonyl (C=O) groups is 1. The third kappa shape index (κ3) is 5.52. The van der Waals surface area contributed by atoms with Gasteiger partial charge < -0.3 is 14.8 Å². The summed E-state index contributed by atoms with van der Waals surface area (Å²) in [5, 5.41) is 6.04. The van der Waals surface area contributed by atoms with Crippen LogP contribution in [-0.2, 0) is 9.47 Å². The Kier molecular flexibility index (Phi) is 5.24. The van der Waals surface area contributed by atoms with Crippen LogP contribution in [-0.4, -0.2) is 36.4 Å². The number of hydrogen-bond donors (Lipinski definition) is 2. The van der Waals surface area contributed by atoms with E-state index >= 15 is 0 Å². The molecule has 1 unspecified atom stereocenters. The quantitative estimate of drug-likeness (QED) is 0.844. The van der Waals surface area contributed by atoms with Crippen molar-refractivity contribution in [3.05, 3.63) is 18.3 Å². The van der Waals surface area contributed by atoms with E-state index in [-0.39, 0.29) is 0 Å². The topological polar surface area (TPSA) is 72.5 Å². The number of hydrogen-bond acceptors (Lipinski definition) is 5. The zero-order chi connectivity index (χ0) is 16.2. The summed E-state index contributed by atoms with van der Waals surface area (Å²) in [6.45, 7) is 6.14. The summed E-state index contributed by atoms with van der Waals surface area (Å²) in [4.78, 5) is 15.9. The van der Waals surface area contributed by atoms with E-state index in [1.807, 2.05) is 26.8 Å². The lowest BCUT2D eigenvalue weighted by Crippen LogP contribution is -2.28. The van der Waals surface area contributed by atoms with Crippen LogP contribution < -0.4 is 10.6 Å². The van der Waals surface area contributed by atoms with Gasteiger partial charge in [-0.05, 0) is 51.7 Å². The smallest absolute Gasteiger partial charge is 0.413 e. The van der Waals surface area contributed by atoms with Crippen LogP contribution in [0.2, 0.25) is 0 Å². The SMILES string of the molecule is COCC(Nc1ccc(NC(=O)OC(C)(C)C)nc1)C1CC1. The Hall–Kier alpha value is -1.82. The minimum atomic E-state index is -0.525. The van der Waals surface area contributed by atoms with Crippen LogP contribution in [0, 0.1) is 5.92 Å².